The molecular weight excluding hydrogens is 230 g/mol. The summed E-state index contributed by atoms with van der Waals surface area (Å²) in [4.78, 5) is 0. The molecule has 17 heavy (non-hydrogen) atoms. The maximum absolute atomic E-state index is 5.69. The standard InChI is InChI=1S/C14H23NOS/c1-4-8-15-12(2)13-6-5-7-14(11-13)16-9-10-17-3/h5-7,11-12,15H,4,8-10H2,1-3H3. The summed E-state index contributed by atoms with van der Waals surface area (Å²) in [6.07, 6.45) is 3.25. The molecule has 2 nitrogen and oxygen atoms in total. The molecule has 0 spiro atoms. The molecule has 3 heteroatoms. The summed E-state index contributed by atoms with van der Waals surface area (Å²) in [5.74, 6) is 2.01. The van der Waals surface area contributed by atoms with Gasteiger partial charge in [0.25, 0.3) is 0 Å². The summed E-state index contributed by atoms with van der Waals surface area (Å²) >= 11 is 1.81. The van der Waals surface area contributed by atoms with Crippen molar-refractivity contribution in [3.8, 4) is 5.75 Å². The lowest BCUT2D eigenvalue weighted by Crippen LogP contribution is -2.19. The van der Waals surface area contributed by atoms with Crippen LogP contribution in [0.2, 0.25) is 0 Å². The fraction of sp³-hybridized carbons (Fsp3) is 0.571. The molecule has 0 aromatic heterocycles. The number of ether oxygens (including phenoxy) is 1. The second kappa shape index (κ2) is 8.43. The first-order valence-electron chi connectivity index (χ1n) is 6.23. The molecule has 1 atom stereocenters. The van der Waals surface area contributed by atoms with E-state index in [1.807, 2.05) is 6.07 Å². The highest BCUT2D eigenvalue weighted by Crippen LogP contribution is 2.19. The zero-order chi connectivity index (χ0) is 12.5. The van der Waals surface area contributed by atoms with Crippen molar-refractivity contribution in [1.29, 1.82) is 0 Å². The van der Waals surface area contributed by atoms with Gasteiger partial charge in [-0.2, -0.15) is 11.8 Å². The number of benzene rings is 1. The number of nitrogens with one attached hydrogen (secondary N) is 1. The first-order valence-corrected chi connectivity index (χ1v) is 7.62. The van der Waals surface area contributed by atoms with Gasteiger partial charge in [-0.05, 0) is 43.8 Å². The van der Waals surface area contributed by atoms with Gasteiger partial charge in [0.05, 0.1) is 6.61 Å². The van der Waals surface area contributed by atoms with Gasteiger partial charge in [0.2, 0.25) is 0 Å². The van der Waals surface area contributed by atoms with Crippen LogP contribution in [0, 0.1) is 0 Å². The van der Waals surface area contributed by atoms with Crippen LogP contribution in [0.5, 0.6) is 5.75 Å². The van der Waals surface area contributed by atoms with Crippen molar-refractivity contribution < 1.29 is 4.74 Å². The third-order valence-electron chi connectivity index (χ3n) is 2.61. The lowest BCUT2D eigenvalue weighted by molar-refractivity contribution is 0.343. The molecule has 0 amide bonds. The molecule has 0 radical (unpaired) electrons. The highest BCUT2D eigenvalue weighted by atomic mass is 32.2. The molecule has 0 bridgehead atoms. The van der Waals surface area contributed by atoms with Crippen LogP contribution in [0.15, 0.2) is 24.3 Å². The van der Waals surface area contributed by atoms with Crippen LogP contribution < -0.4 is 10.1 Å². The number of hydrogen-bond donors (Lipinski definition) is 1. The lowest BCUT2D eigenvalue weighted by Gasteiger charge is -2.15. The summed E-state index contributed by atoms with van der Waals surface area (Å²) in [6, 6.07) is 8.76. The van der Waals surface area contributed by atoms with Crippen molar-refractivity contribution in [2.75, 3.05) is 25.2 Å². The molecule has 0 saturated heterocycles. The van der Waals surface area contributed by atoms with Crippen LogP contribution in [0.3, 0.4) is 0 Å². The van der Waals surface area contributed by atoms with Crippen LogP contribution in [-0.4, -0.2) is 25.2 Å². The van der Waals surface area contributed by atoms with Crippen molar-refractivity contribution in [2.24, 2.45) is 0 Å². The van der Waals surface area contributed by atoms with E-state index in [1.165, 1.54) is 5.56 Å². The van der Waals surface area contributed by atoms with Crippen LogP contribution in [0.4, 0.5) is 0 Å². The molecule has 0 saturated carbocycles. The molecule has 1 aromatic carbocycles. The second-order valence-electron chi connectivity index (χ2n) is 4.09. The minimum absolute atomic E-state index is 0.388. The van der Waals surface area contributed by atoms with Gasteiger partial charge in [-0.3, -0.25) is 0 Å². The van der Waals surface area contributed by atoms with E-state index in [1.54, 1.807) is 11.8 Å². The molecule has 0 aliphatic rings. The predicted octanol–water partition coefficient (Wildman–Crippen LogP) is 3.49. The van der Waals surface area contributed by atoms with E-state index < -0.39 is 0 Å². The van der Waals surface area contributed by atoms with Crippen molar-refractivity contribution in [3.63, 3.8) is 0 Å². The number of thioether (sulfide) groups is 1. The summed E-state index contributed by atoms with van der Waals surface area (Å²) in [7, 11) is 0. The van der Waals surface area contributed by atoms with Crippen molar-refractivity contribution in [1.82, 2.24) is 5.32 Å². The fourth-order valence-corrected chi connectivity index (χ4v) is 1.85. The quantitative estimate of drug-likeness (QED) is 0.717. The average Bonchev–Trinajstić information content (AvgIpc) is 2.36. The molecule has 1 aromatic rings. The molecule has 0 aliphatic carbocycles. The lowest BCUT2D eigenvalue weighted by atomic mass is 10.1. The van der Waals surface area contributed by atoms with Gasteiger partial charge in [-0.25, -0.2) is 0 Å². The molecular formula is C14H23NOS. The maximum Gasteiger partial charge on any atom is 0.119 e. The van der Waals surface area contributed by atoms with Gasteiger partial charge >= 0.3 is 0 Å². The van der Waals surface area contributed by atoms with E-state index >= 15 is 0 Å². The molecule has 0 aliphatic heterocycles. The van der Waals surface area contributed by atoms with Crippen LogP contribution in [-0.2, 0) is 0 Å². The van der Waals surface area contributed by atoms with Gasteiger partial charge in [-0.1, -0.05) is 19.1 Å². The van der Waals surface area contributed by atoms with Crippen LogP contribution >= 0.6 is 11.8 Å². The molecule has 1 rings (SSSR count). The highest BCUT2D eigenvalue weighted by Gasteiger charge is 2.04. The summed E-state index contributed by atoms with van der Waals surface area (Å²) in [6.45, 7) is 6.21. The van der Waals surface area contributed by atoms with Crippen molar-refractivity contribution >= 4 is 11.8 Å². The molecule has 1 N–H and O–H groups in total. The van der Waals surface area contributed by atoms with E-state index in [2.05, 4.69) is 43.6 Å². The zero-order valence-corrected chi connectivity index (χ0v) is 11.8. The number of hydrogen-bond acceptors (Lipinski definition) is 3. The van der Waals surface area contributed by atoms with Crippen LogP contribution in [0.25, 0.3) is 0 Å². The van der Waals surface area contributed by atoms with E-state index in [4.69, 9.17) is 4.74 Å². The topological polar surface area (TPSA) is 21.3 Å². The Balaban J connectivity index is 2.52. The minimum Gasteiger partial charge on any atom is -0.493 e. The Hall–Kier alpha value is -0.670. The maximum atomic E-state index is 5.69. The third-order valence-corrected chi connectivity index (χ3v) is 3.19. The molecule has 0 fully saturated rings. The van der Waals surface area contributed by atoms with Crippen molar-refractivity contribution in [3.05, 3.63) is 29.8 Å². The van der Waals surface area contributed by atoms with E-state index in [-0.39, 0.29) is 0 Å². The van der Waals surface area contributed by atoms with Gasteiger partial charge in [0, 0.05) is 11.8 Å². The highest BCUT2D eigenvalue weighted by molar-refractivity contribution is 7.98. The summed E-state index contributed by atoms with van der Waals surface area (Å²) < 4.78 is 5.69. The minimum atomic E-state index is 0.388. The SMILES string of the molecule is CCCNC(C)c1cccc(OCCSC)c1. The van der Waals surface area contributed by atoms with Crippen molar-refractivity contribution in [2.45, 2.75) is 26.3 Å². The normalized spacial score (nSPS) is 12.4. The Morgan fingerprint density at radius 1 is 1.41 bits per heavy atom. The van der Waals surface area contributed by atoms with Gasteiger partial charge in [0.15, 0.2) is 0 Å². The summed E-state index contributed by atoms with van der Waals surface area (Å²) in [5, 5.41) is 3.48. The smallest absolute Gasteiger partial charge is 0.119 e. The average molecular weight is 253 g/mol. The zero-order valence-electron chi connectivity index (χ0n) is 11.0. The Kier molecular flexibility index (Phi) is 7.13. The first-order chi connectivity index (χ1) is 8.27. The summed E-state index contributed by atoms with van der Waals surface area (Å²) in [5.41, 5.74) is 1.29. The predicted molar refractivity (Wildman–Crippen MR) is 77.0 cm³/mol. The largest absolute Gasteiger partial charge is 0.493 e. The second-order valence-corrected chi connectivity index (χ2v) is 5.08. The fourth-order valence-electron chi connectivity index (χ4n) is 1.60. The Labute approximate surface area is 109 Å². The Bertz CT molecular complexity index is 317. The molecule has 0 heterocycles. The molecule has 1 unspecified atom stereocenters. The Morgan fingerprint density at radius 3 is 2.94 bits per heavy atom. The van der Waals surface area contributed by atoms with E-state index in [9.17, 15) is 0 Å². The van der Waals surface area contributed by atoms with E-state index in [0.29, 0.717) is 6.04 Å². The number of rotatable bonds is 8. The monoisotopic (exact) mass is 253 g/mol. The van der Waals surface area contributed by atoms with Gasteiger partial charge in [-0.15, -0.1) is 0 Å². The van der Waals surface area contributed by atoms with E-state index in [0.717, 1.165) is 31.1 Å². The van der Waals surface area contributed by atoms with Gasteiger partial charge < -0.3 is 10.1 Å². The van der Waals surface area contributed by atoms with Crippen LogP contribution in [0.1, 0.15) is 31.9 Å². The first kappa shape index (κ1) is 14.4. The Morgan fingerprint density at radius 2 is 2.24 bits per heavy atom. The third kappa shape index (κ3) is 5.46. The molecule has 96 valence electrons. The van der Waals surface area contributed by atoms with Gasteiger partial charge in [0.1, 0.15) is 5.75 Å².